The molecule has 0 saturated carbocycles. The third-order valence-corrected chi connectivity index (χ3v) is 3.05. The molecule has 0 radical (unpaired) electrons. The van der Waals surface area contributed by atoms with Gasteiger partial charge in [-0.15, -0.1) is 0 Å². The summed E-state index contributed by atoms with van der Waals surface area (Å²) in [4.78, 5) is 10.9. The predicted molar refractivity (Wildman–Crippen MR) is 64.3 cm³/mol. The number of carboxylic acids is 1. The second-order valence-corrected chi connectivity index (χ2v) is 4.73. The molecule has 0 spiro atoms. The topological polar surface area (TPSA) is 76.0 Å². The van der Waals surface area contributed by atoms with Gasteiger partial charge in [0.25, 0.3) is 0 Å². The Hall–Kier alpha value is -1.46. The van der Waals surface area contributed by atoms with Crippen LogP contribution in [-0.4, -0.2) is 23.0 Å². The summed E-state index contributed by atoms with van der Waals surface area (Å²) in [5.41, 5.74) is 0.855. The summed E-state index contributed by atoms with van der Waals surface area (Å²) < 4.78 is 10.6. The van der Waals surface area contributed by atoms with Crippen molar-refractivity contribution in [3.05, 3.63) is 22.2 Å². The third-order valence-electron chi connectivity index (χ3n) is 2.77. The molecule has 0 amide bonds. The molecule has 0 aromatic heterocycles. The highest BCUT2D eigenvalue weighted by Gasteiger charge is 2.30. The van der Waals surface area contributed by atoms with Crippen molar-refractivity contribution < 1.29 is 24.5 Å². The minimum atomic E-state index is -1.63. The van der Waals surface area contributed by atoms with E-state index in [1.807, 2.05) is 13.8 Å². The van der Waals surface area contributed by atoms with E-state index in [0.717, 1.165) is 0 Å². The normalized spacial score (nSPS) is 14.9. The largest absolute Gasteiger partial charge is 0.479 e. The van der Waals surface area contributed by atoms with E-state index >= 15 is 0 Å². The van der Waals surface area contributed by atoms with Gasteiger partial charge in [0.1, 0.15) is 0 Å². The number of aliphatic hydroxyl groups excluding tert-OH is 1. The maximum Gasteiger partial charge on any atom is 0.337 e. The van der Waals surface area contributed by atoms with Gasteiger partial charge in [0.2, 0.25) is 6.79 Å². The number of aliphatic hydroxyl groups is 1. The molecular formula is C12H13ClO5. The molecule has 1 atom stereocenters. The van der Waals surface area contributed by atoms with E-state index in [-0.39, 0.29) is 23.3 Å². The van der Waals surface area contributed by atoms with E-state index < -0.39 is 12.1 Å². The Morgan fingerprint density at radius 1 is 1.39 bits per heavy atom. The molecule has 0 bridgehead atoms. The van der Waals surface area contributed by atoms with E-state index in [9.17, 15) is 9.90 Å². The van der Waals surface area contributed by atoms with Crippen LogP contribution in [0.3, 0.4) is 0 Å². The summed E-state index contributed by atoms with van der Waals surface area (Å²) in [5.74, 6) is -0.525. The number of hydrogen-bond donors (Lipinski definition) is 2. The van der Waals surface area contributed by atoms with Gasteiger partial charge in [0.05, 0.1) is 5.02 Å². The number of carboxylic acid groups (broad SMARTS) is 1. The van der Waals surface area contributed by atoms with Crippen LogP contribution in [0.25, 0.3) is 0 Å². The van der Waals surface area contributed by atoms with Crippen molar-refractivity contribution in [3.63, 3.8) is 0 Å². The van der Waals surface area contributed by atoms with Crippen molar-refractivity contribution in [2.24, 2.45) is 0 Å². The molecule has 1 aromatic rings. The SMILES string of the molecule is CC(C)c1c(C(O)C(=O)O)cc(Cl)c2c1OCO2. The van der Waals surface area contributed by atoms with E-state index in [1.54, 1.807) is 0 Å². The van der Waals surface area contributed by atoms with Gasteiger partial charge in [0, 0.05) is 11.1 Å². The number of rotatable bonds is 3. The first-order chi connectivity index (χ1) is 8.43. The van der Waals surface area contributed by atoms with Gasteiger partial charge in [0.15, 0.2) is 17.6 Å². The summed E-state index contributed by atoms with van der Waals surface area (Å²) in [6, 6.07) is 1.42. The van der Waals surface area contributed by atoms with E-state index in [1.165, 1.54) is 6.07 Å². The van der Waals surface area contributed by atoms with Crippen LogP contribution in [0.15, 0.2) is 6.07 Å². The number of hydrogen-bond acceptors (Lipinski definition) is 4. The average molecular weight is 273 g/mol. The fraction of sp³-hybridized carbons (Fsp3) is 0.417. The fourth-order valence-electron chi connectivity index (χ4n) is 2.02. The van der Waals surface area contributed by atoms with Crippen LogP contribution < -0.4 is 9.47 Å². The number of fused-ring (bicyclic) bond motifs is 1. The minimum Gasteiger partial charge on any atom is -0.479 e. The molecule has 1 heterocycles. The van der Waals surface area contributed by atoms with Crippen molar-refractivity contribution in [2.75, 3.05) is 6.79 Å². The Kier molecular flexibility index (Phi) is 3.36. The number of aliphatic carboxylic acids is 1. The van der Waals surface area contributed by atoms with Gasteiger partial charge in [-0.3, -0.25) is 0 Å². The third kappa shape index (κ3) is 2.00. The molecule has 2 rings (SSSR count). The molecule has 5 nitrogen and oxygen atoms in total. The second kappa shape index (κ2) is 4.66. The Morgan fingerprint density at radius 3 is 2.56 bits per heavy atom. The van der Waals surface area contributed by atoms with Crippen LogP contribution in [-0.2, 0) is 4.79 Å². The summed E-state index contributed by atoms with van der Waals surface area (Å²) in [5, 5.41) is 18.9. The Bertz CT molecular complexity index is 498. The lowest BCUT2D eigenvalue weighted by Gasteiger charge is -2.18. The number of carbonyl (C=O) groups is 1. The molecule has 98 valence electrons. The number of ether oxygens (including phenoxy) is 2. The molecule has 1 unspecified atom stereocenters. The lowest BCUT2D eigenvalue weighted by molar-refractivity contribution is -0.147. The van der Waals surface area contributed by atoms with E-state index in [4.69, 9.17) is 26.2 Å². The molecule has 6 heteroatoms. The monoisotopic (exact) mass is 272 g/mol. The molecule has 1 aromatic carbocycles. The summed E-state index contributed by atoms with van der Waals surface area (Å²) in [6.45, 7) is 3.80. The van der Waals surface area contributed by atoms with E-state index in [2.05, 4.69) is 0 Å². The van der Waals surface area contributed by atoms with Gasteiger partial charge >= 0.3 is 5.97 Å². The lowest BCUT2D eigenvalue weighted by atomic mass is 9.92. The van der Waals surface area contributed by atoms with Crippen molar-refractivity contribution in [1.82, 2.24) is 0 Å². The smallest absolute Gasteiger partial charge is 0.337 e. The van der Waals surface area contributed by atoms with Crippen LogP contribution in [0.4, 0.5) is 0 Å². The first-order valence-corrected chi connectivity index (χ1v) is 5.84. The fourth-order valence-corrected chi connectivity index (χ4v) is 2.28. The van der Waals surface area contributed by atoms with Crippen LogP contribution in [0.2, 0.25) is 5.02 Å². The molecular weight excluding hydrogens is 260 g/mol. The van der Waals surface area contributed by atoms with Gasteiger partial charge in [-0.05, 0) is 12.0 Å². The van der Waals surface area contributed by atoms with Gasteiger partial charge in [-0.2, -0.15) is 0 Å². The summed E-state index contributed by atoms with van der Waals surface area (Å²) >= 11 is 5.99. The molecule has 1 aliphatic heterocycles. The minimum absolute atomic E-state index is 0.0262. The van der Waals surface area contributed by atoms with Crippen LogP contribution in [0.1, 0.15) is 37.0 Å². The average Bonchev–Trinajstić information content (AvgIpc) is 2.76. The highest BCUT2D eigenvalue weighted by molar-refractivity contribution is 6.32. The number of halogens is 1. The Balaban J connectivity index is 2.66. The zero-order valence-corrected chi connectivity index (χ0v) is 10.7. The zero-order valence-electron chi connectivity index (χ0n) is 9.94. The molecule has 0 saturated heterocycles. The lowest BCUT2D eigenvalue weighted by Crippen LogP contribution is -2.14. The molecule has 0 aliphatic carbocycles. The number of benzene rings is 1. The van der Waals surface area contributed by atoms with E-state index in [0.29, 0.717) is 17.1 Å². The molecule has 2 N–H and O–H groups in total. The predicted octanol–water partition coefficient (Wildman–Crippen LogP) is 2.31. The second-order valence-electron chi connectivity index (χ2n) is 4.32. The van der Waals surface area contributed by atoms with Crippen molar-refractivity contribution in [3.8, 4) is 11.5 Å². The highest BCUT2D eigenvalue weighted by atomic mass is 35.5. The van der Waals surface area contributed by atoms with Crippen molar-refractivity contribution >= 4 is 17.6 Å². The maximum atomic E-state index is 10.9. The van der Waals surface area contributed by atoms with Gasteiger partial charge in [-0.25, -0.2) is 4.79 Å². The zero-order chi connectivity index (χ0) is 13.4. The van der Waals surface area contributed by atoms with Crippen molar-refractivity contribution in [1.29, 1.82) is 0 Å². The van der Waals surface area contributed by atoms with Crippen LogP contribution in [0.5, 0.6) is 11.5 Å². The van der Waals surface area contributed by atoms with Crippen LogP contribution in [0, 0.1) is 0 Å². The van der Waals surface area contributed by atoms with Gasteiger partial charge < -0.3 is 19.7 Å². The molecule has 1 aliphatic rings. The first-order valence-electron chi connectivity index (χ1n) is 5.46. The van der Waals surface area contributed by atoms with Gasteiger partial charge in [-0.1, -0.05) is 25.4 Å². The summed E-state index contributed by atoms with van der Waals surface area (Å²) in [7, 11) is 0. The Labute approximate surface area is 109 Å². The maximum absolute atomic E-state index is 10.9. The quantitative estimate of drug-likeness (QED) is 0.883. The first kappa shape index (κ1) is 13.0. The molecule has 18 heavy (non-hydrogen) atoms. The standard InChI is InChI=1S/C12H13ClO5/c1-5(2)8-6(9(14)12(15)16)3-7(13)10-11(8)18-4-17-10/h3,5,9,14H,4H2,1-2H3,(H,15,16). The molecule has 0 fully saturated rings. The van der Waals surface area contributed by atoms with Crippen LogP contribution >= 0.6 is 11.6 Å². The summed E-state index contributed by atoms with van der Waals surface area (Å²) in [6.07, 6.45) is -1.63. The Morgan fingerprint density at radius 2 is 2.00 bits per heavy atom. The van der Waals surface area contributed by atoms with Crippen molar-refractivity contribution in [2.45, 2.75) is 25.9 Å². The highest BCUT2D eigenvalue weighted by Crippen LogP contribution is 2.47.